The van der Waals surface area contributed by atoms with Crippen LogP contribution in [-0.4, -0.2) is 49.5 Å². The molecule has 0 aromatic heterocycles. The molecule has 35 heavy (non-hydrogen) atoms. The molecule has 2 amide bonds. The predicted molar refractivity (Wildman–Crippen MR) is 143 cm³/mol. The van der Waals surface area contributed by atoms with E-state index in [4.69, 9.17) is 46.4 Å². The Bertz CT molecular complexity index is 1180. The zero-order valence-corrected chi connectivity index (χ0v) is 23.7. The highest BCUT2D eigenvalue weighted by atomic mass is 35.5. The van der Waals surface area contributed by atoms with E-state index in [0.717, 1.165) is 10.6 Å². The molecule has 1 atom stereocenters. The van der Waals surface area contributed by atoms with Crippen LogP contribution in [0, 0.1) is 0 Å². The van der Waals surface area contributed by atoms with Gasteiger partial charge in [-0.3, -0.25) is 13.9 Å². The number of halogens is 4. The van der Waals surface area contributed by atoms with Crippen molar-refractivity contribution in [3.05, 3.63) is 62.1 Å². The molecular formula is C23H27Cl4N3O4S. The number of nitrogens with one attached hydrogen (secondary N) is 1. The molecule has 7 nitrogen and oxygen atoms in total. The molecule has 12 heteroatoms. The maximum absolute atomic E-state index is 13.6. The molecule has 0 heterocycles. The van der Waals surface area contributed by atoms with Gasteiger partial charge in [0.2, 0.25) is 21.8 Å². The second-order valence-corrected chi connectivity index (χ2v) is 12.6. The van der Waals surface area contributed by atoms with Gasteiger partial charge >= 0.3 is 0 Å². The fourth-order valence-corrected chi connectivity index (χ4v) is 5.07. The number of hydrogen-bond donors (Lipinski definition) is 1. The Hall–Kier alpha value is -1.71. The van der Waals surface area contributed by atoms with Crippen LogP contribution in [0.25, 0.3) is 0 Å². The Labute approximate surface area is 226 Å². The lowest BCUT2D eigenvalue weighted by Gasteiger charge is -2.33. The molecule has 0 radical (unpaired) electrons. The van der Waals surface area contributed by atoms with Gasteiger partial charge in [-0.2, -0.15) is 0 Å². The van der Waals surface area contributed by atoms with Crippen LogP contribution in [0.15, 0.2) is 36.4 Å². The Morgan fingerprint density at radius 1 is 1.00 bits per heavy atom. The number of amides is 2. The standard InChI is InChI=1S/C23H27Cl4N3O4S/c1-14(22(32)28-23(2,3)4)29(12-18-19(26)7-6-8-20(18)27)21(31)13-30(35(5,33)34)17-10-15(24)9-16(25)11-17/h6-11,14H,12-13H2,1-5H3,(H,28,32)/t14-/m1/s1. The normalized spacial score (nSPS) is 12.7. The third-order valence-corrected chi connectivity index (χ3v) is 7.16. The van der Waals surface area contributed by atoms with Crippen LogP contribution in [0.5, 0.6) is 0 Å². The lowest BCUT2D eigenvalue weighted by atomic mass is 10.1. The second kappa shape index (κ2) is 11.6. The third kappa shape index (κ3) is 8.43. The summed E-state index contributed by atoms with van der Waals surface area (Å²) in [5.41, 5.74) is -0.0181. The van der Waals surface area contributed by atoms with Crippen molar-refractivity contribution < 1.29 is 18.0 Å². The summed E-state index contributed by atoms with van der Waals surface area (Å²) in [5, 5.41) is 3.85. The van der Waals surface area contributed by atoms with E-state index in [0.29, 0.717) is 15.6 Å². The van der Waals surface area contributed by atoms with Gasteiger partial charge in [-0.15, -0.1) is 0 Å². The van der Waals surface area contributed by atoms with Gasteiger partial charge in [0.15, 0.2) is 0 Å². The summed E-state index contributed by atoms with van der Waals surface area (Å²) in [6.45, 7) is 6.24. The van der Waals surface area contributed by atoms with E-state index >= 15 is 0 Å². The van der Waals surface area contributed by atoms with Crippen molar-refractivity contribution in [1.82, 2.24) is 10.2 Å². The fraction of sp³-hybridized carbons (Fsp3) is 0.391. The summed E-state index contributed by atoms with van der Waals surface area (Å²) in [6.07, 6.45) is 0.958. The molecule has 1 N–H and O–H groups in total. The maximum atomic E-state index is 13.6. The molecule has 2 rings (SSSR count). The van der Waals surface area contributed by atoms with Crippen LogP contribution in [0.4, 0.5) is 5.69 Å². The number of sulfonamides is 1. The smallest absolute Gasteiger partial charge is 0.244 e. The van der Waals surface area contributed by atoms with Gasteiger partial charge in [-0.05, 0) is 58.0 Å². The van der Waals surface area contributed by atoms with Crippen molar-refractivity contribution in [3.63, 3.8) is 0 Å². The van der Waals surface area contributed by atoms with E-state index in [9.17, 15) is 18.0 Å². The fourth-order valence-electron chi connectivity index (χ4n) is 3.21. The first-order valence-corrected chi connectivity index (χ1v) is 13.8. The molecule has 0 saturated heterocycles. The van der Waals surface area contributed by atoms with Crippen LogP contribution in [-0.2, 0) is 26.2 Å². The summed E-state index contributed by atoms with van der Waals surface area (Å²) in [6, 6.07) is 8.12. The molecule has 0 aliphatic heterocycles. The Balaban J connectivity index is 2.50. The highest BCUT2D eigenvalue weighted by Crippen LogP contribution is 2.29. The zero-order chi connectivity index (χ0) is 26.7. The first-order chi connectivity index (χ1) is 16.0. The first kappa shape index (κ1) is 29.5. The van der Waals surface area contributed by atoms with Crippen LogP contribution in [0.1, 0.15) is 33.3 Å². The Kier molecular flexibility index (Phi) is 9.75. The predicted octanol–water partition coefficient (Wildman–Crippen LogP) is 5.40. The molecule has 0 unspecified atom stereocenters. The van der Waals surface area contributed by atoms with Crippen molar-refractivity contribution in [1.29, 1.82) is 0 Å². The Morgan fingerprint density at radius 2 is 1.51 bits per heavy atom. The van der Waals surface area contributed by atoms with Crippen molar-refractivity contribution in [3.8, 4) is 0 Å². The van der Waals surface area contributed by atoms with Crippen molar-refractivity contribution in [2.75, 3.05) is 17.1 Å². The van der Waals surface area contributed by atoms with Crippen molar-refractivity contribution >= 4 is 73.9 Å². The number of carbonyl (C=O) groups is 2. The Morgan fingerprint density at radius 3 is 1.97 bits per heavy atom. The lowest BCUT2D eigenvalue weighted by Crippen LogP contribution is -2.54. The number of anilines is 1. The zero-order valence-electron chi connectivity index (χ0n) is 19.9. The maximum Gasteiger partial charge on any atom is 0.244 e. The van der Waals surface area contributed by atoms with Crippen LogP contribution >= 0.6 is 46.4 Å². The molecule has 0 spiro atoms. The monoisotopic (exact) mass is 581 g/mol. The number of benzene rings is 2. The van der Waals surface area contributed by atoms with Gasteiger partial charge in [-0.1, -0.05) is 52.5 Å². The number of rotatable bonds is 8. The number of nitrogens with zero attached hydrogens (tertiary/aromatic N) is 2. The largest absolute Gasteiger partial charge is 0.350 e. The van der Waals surface area contributed by atoms with E-state index in [1.165, 1.54) is 23.1 Å². The van der Waals surface area contributed by atoms with E-state index in [1.807, 2.05) is 20.8 Å². The lowest BCUT2D eigenvalue weighted by molar-refractivity contribution is -0.140. The molecule has 2 aromatic carbocycles. The number of hydrogen-bond acceptors (Lipinski definition) is 4. The molecule has 192 valence electrons. The minimum Gasteiger partial charge on any atom is -0.350 e. The first-order valence-electron chi connectivity index (χ1n) is 10.5. The highest BCUT2D eigenvalue weighted by Gasteiger charge is 2.32. The van der Waals surface area contributed by atoms with E-state index in [-0.39, 0.29) is 22.3 Å². The van der Waals surface area contributed by atoms with E-state index in [1.54, 1.807) is 25.1 Å². The molecule has 0 bridgehead atoms. The minimum absolute atomic E-state index is 0.112. The molecule has 0 saturated carbocycles. The van der Waals surface area contributed by atoms with Gasteiger partial charge < -0.3 is 10.2 Å². The van der Waals surface area contributed by atoms with Crippen LogP contribution in [0.2, 0.25) is 20.1 Å². The SMILES string of the molecule is C[C@H](C(=O)NC(C)(C)C)N(Cc1c(Cl)cccc1Cl)C(=O)CN(c1cc(Cl)cc(Cl)c1)S(C)(=O)=O. The van der Waals surface area contributed by atoms with Crippen molar-refractivity contribution in [2.24, 2.45) is 0 Å². The van der Waals surface area contributed by atoms with E-state index in [2.05, 4.69) is 5.32 Å². The summed E-state index contributed by atoms with van der Waals surface area (Å²) in [7, 11) is -3.93. The van der Waals surface area contributed by atoms with Gasteiger partial charge in [0.1, 0.15) is 12.6 Å². The van der Waals surface area contributed by atoms with Gasteiger partial charge in [0, 0.05) is 37.7 Å². The average Bonchev–Trinajstić information content (AvgIpc) is 2.68. The summed E-state index contributed by atoms with van der Waals surface area (Å²) in [4.78, 5) is 27.8. The molecular weight excluding hydrogens is 556 g/mol. The third-order valence-electron chi connectivity index (χ3n) is 4.87. The van der Waals surface area contributed by atoms with Crippen LogP contribution < -0.4 is 9.62 Å². The molecule has 0 aliphatic carbocycles. The topological polar surface area (TPSA) is 86.8 Å². The van der Waals surface area contributed by atoms with Crippen LogP contribution in [0.3, 0.4) is 0 Å². The second-order valence-electron chi connectivity index (χ2n) is 9.03. The van der Waals surface area contributed by atoms with Gasteiger partial charge in [0.05, 0.1) is 11.9 Å². The van der Waals surface area contributed by atoms with E-state index < -0.39 is 40.0 Å². The summed E-state index contributed by atoms with van der Waals surface area (Å²) in [5.74, 6) is -1.08. The molecule has 0 aliphatic rings. The highest BCUT2D eigenvalue weighted by molar-refractivity contribution is 7.92. The van der Waals surface area contributed by atoms with Crippen molar-refractivity contribution in [2.45, 2.75) is 45.8 Å². The molecule has 2 aromatic rings. The quantitative estimate of drug-likeness (QED) is 0.451. The van der Waals surface area contributed by atoms with Gasteiger partial charge in [-0.25, -0.2) is 8.42 Å². The number of carbonyl (C=O) groups excluding carboxylic acids is 2. The van der Waals surface area contributed by atoms with Gasteiger partial charge in [0.25, 0.3) is 0 Å². The summed E-state index contributed by atoms with van der Waals surface area (Å²) >= 11 is 24.7. The summed E-state index contributed by atoms with van der Waals surface area (Å²) < 4.78 is 26.1. The average molecular weight is 583 g/mol. The minimum atomic E-state index is -3.93. The molecule has 0 fully saturated rings.